The number of terminal acetylenes is 1. The molecule has 0 saturated heterocycles. The second kappa shape index (κ2) is 10.8. The van der Waals surface area contributed by atoms with Crippen molar-refractivity contribution >= 4 is 64.0 Å². The van der Waals surface area contributed by atoms with Crippen molar-refractivity contribution in [3.63, 3.8) is 0 Å². The van der Waals surface area contributed by atoms with Crippen LogP contribution in [0.25, 0.3) is 11.1 Å². The highest BCUT2D eigenvalue weighted by Crippen LogP contribution is 2.42. The normalized spacial score (nSPS) is 11.5. The maximum absolute atomic E-state index is 11.3. The highest BCUT2D eigenvalue weighted by molar-refractivity contribution is 6.67. The number of aromatic nitrogens is 1. The van der Waals surface area contributed by atoms with E-state index < -0.39 is 16.0 Å². The highest BCUT2D eigenvalue weighted by Gasteiger charge is 2.37. The molecular formula is C18H13Cl5N2O3. The molecule has 2 rings (SSSR count). The van der Waals surface area contributed by atoms with E-state index >= 15 is 0 Å². The van der Waals surface area contributed by atoms with E-state index in [2.05, 4.69) is 6.42 Å². The van der Waals surface area contributed by atoms with Crippen molar-refractivity contribution in [1.29, 1.82) is 5.26 Å². The third-order valence-electron chi connectivity index (χ3n) is 3.13. The Morgan fingerprint density at radius 2 is 1.93 bits per heavy atom. The molecule has 0 amide bonds. The van der Waals surface area contributed by atoms with Gasteiger partial charge in [0, 0.05) is 30.4 Å². The zero-order valence-corrected chi connectivity index (χ0v) is 18.1. The lowest BCUT2D eigenvalue weighted by molar-refractivity contribution is -0.150. The summed E-state index contributed by atoms with van der Waals surface area (Å²) in [6.45, 7) is 1.03. The van der Waals surface area contributed by atoms with Crippen molar-refractivity contribution < 1.29 is 14.6 Å². The number of carbonyl (C=O) groups excluding carboxylic acids is 1. The number of nitrogens with zero attached hydrogens (tertiary/aromatic N) is 2. The Morgan fingerprint density at radius 3 is 2.39 bits per heavy atom. The molecule has 1 unspecified atom stereocenters. The molecule has 0 aliphatic carbocycles. The number of carbonyl (C=O) groups is 1. The number of halogens is 5. The van der Waals surface area contributed by atoms with E-state index in [1.165, 1.54) is 23.9 Å². The first-order valence-corrected chi connectivity index (χ1v) is 9.30. The molecule has 0 saturated carbocycles. The van der Waals surface area contributed by atoms with E-state index in [0.29, 0.717) is 16.1 Å². The number of aliphatic hydroxyl groups is 1. The van der Waals surface area contributed by atoms with E-state index in [4.69, 9.17) is 67.8 Å². The fourth-order valence-corrected chi connectivity index (χ4v) is 2.95. The fraction of sp³-hybridized carbons (Fsp3) is 0.222. The van der Waals surface area contributed by atoms with Crippen LogP contribution in [-0.2, 0) is 9.53 Å². The Labute approximate surface area is 187 Å². The zero-order chi connectivity index (χ0) is 21.5. The van der Waals surface area contributed by atoms with Gasteiger partial charge < -0.3 is 14.4 Å². The van der Waals surface area contributed by atoms with E-state index in [0.717, 1.165) is 0 Å². The van der Waals surface area contributed by atoms with Gasteiger partial charge in [0.15, 0.2) is 0 Å². The maximum Gasteiger partial charge on any atom is 0.304 e. The topological polar surface area (TPSA) is 75.2 Å². The molecule has 0 radical (unpaired) electrons. The average molecular weight is 483 g/mol. The van der Waals surface area contributed by atoms with Crippen LogP contribution >= 0.6 is 58.0 Å². The van der Waals surface area contributed by atoms with E-state index in [1.807, 2.05) is 12.0 Å². The first kappa shape index (κ1) is 24.5. The van der Waals surface area contributed by atoms with Gasteiger partial charge in [-0.15, -0.1) is 6.42 Å². The summed E-state index contributed by atoms with van der Waals surface area (Å²) in [5.74, 6) is 1.35. The van der Waals surface area contributed by atoms with Gasteiger partial charge in [-0.3, -0.25) is 4.79 Å². The largest absolute Gasteiger partial charge is 0.437 e. The second-order valence-electron chi connectivity index (χ2n) is 5.11. The number of benzene rings is 1. The number of esters is 1. The number of hydrogen-bond acceptors (Lipinski definition) is 4. The van der Waals surface area contributed by atoms with E-state index in [-0.39, 0.29) is 17.2 Å². The van der Waals surface area contributed by atoms with Crippen LogP contribution in [0.1, 0.15) is 18.7 Å². The zero-order valence-electron chi connectivity index (χ0n) is 14.3. The fourth-order valence-electron chi connectivity index (χ4n) is 2.08. The van der Waals surface area contributed by atoms with Crippen molar-refractivity contribution in [2.75, 3.05) is 6.61 Å². The third kappa shape index (κ3) is 6.50. The van der Waals surface area contributed by atoms with Gasteiger partial charge in [-0.25, -0.2) is 0 Å². The van der Waals surface area contributed by atoms with Crippen LogP contribution in [0.5, 0.6) is 0 Å². The second-order valence-corrected chi connectivity index (χ2v) is 8.27. The smallest absolute Gasteiger partial charge is 0.304 e. The van der Waals surface area contributed by atoms with Crippen LogP contribution in [0.2, 0.25) is 10.0 Å². The number of ether oxygens (including phenoxy) is 1. The van der Waals surface area contributed by atoms with Crippen LogP contribution in [0.15, 0.2) is 30.6 Å². The molecule has 1 N–H and O–H groups in total. The molecule has 1 aromatic carbocycles. The number of alkyl halides is 3. The average Bonchev–Trinajstić information content (AvgIpc) is 3.04. The van der Waals surface area contributed by atoms with Crippen LogP contribution in [0.4, 0.5) is 0 Å². The molecule has 0 aliphatic rings. The molecular weight excluding hydrogens is 469 g/mol. The lowest BCUT2D eigenvalue weighted by atomic mass is 10.1. The molecule has 1 aromatic heterocycles. The van der Waals surface area contributed by atoms with Gasteiger partial charge in [0.05, 0.1) is 15.6 Å². The molecule has 0 spiro atoms. The van der Waals surface area contributed by atoms with Gasteiger partial charge in [-0.05, 0) is 6.07 Å². The predicted octanol–water partition coefficient (Wildman–Crippen LogP) is 5.38. The Kier molecular flexibility index (Phi) is 9.47. The van der Waals surface area contributed by atoms with Crippen LogP contribution in [0, 0.1) is 23.7 Å². The Bertz CT molecular complexity index is 923. The molecule has 10 heteroatoms. The number of rotatable bonds is 3. The highest BCUT2D eigenvalue weighted by atomic mass is 35.6. The molecule has 1 atom stereocenters. The summed E-state index contributed by atoms with van der Waals surface area (Å²) in [4.78, 5) is 11.3. The standard InChI is InChI=1S/C15H9Cl5N2O2.C3H4O/c1-8(23)24-14(15(18,19)20)22-6-9(5-21)11(7-22)10-3-2-4-12(16)13(10)17;1-2-3-4/h2-4,6-7,14H,1H3;1,4H,3H2. The predicted molar refractivity (Wildman–Crippen MR) is 112 cm³/mol. The molecule has 0 fully saturated rings. The van der Waals surface area contributed by atoms with Crippen LogP contribution in [0.3, 0.4) is 0 Å². The quantitative estimate of drug-likeness (QED) is 0.362. The SMILES string of the molecule is C#CCO.CC(=O)OC(n1cc(C#N)c(-c2cccc(Cl)c2Cl)c1)C(Cl)(Cl)Cl. The Hall–Kier alpha value is -1.57. The maximum atomic E-state index is 11.3. The third-order valence-corrected chi connectivity index (χ3v) is 4.51. The van der Waals surface area contributed by atoms with Crippen molar-refractivity contribution in [3.05, 3.63) is 46.2 Å². The van der Waals surface area contributed by atoms with E-state index in [9.17, 15) is 10.1 Å². The van der Waals surface area contributed by atoms with Gasteiger partial charge in [-0.2, -0.15) is 5.26 Å². The summed E-state index contributed by atoms with van der Waals surface area (Å²) in [7, 11) is 0. The van der Waals surface area contributed by atoms with Crippen LogP contribution < -0.4 is 0 Å². The Morgan fingerprint density at radius 1 is 1.32 bits per heavy atom. The number of aliphatic hydroxyl groups excluding tert-OH is 1. The summed E-state index contributed by atoms with van der Waals surface area (Å²) in [5, 5.41) is 17.6. The van der Waals surface area contributed by atoms with Crippen LogP contribution in [-0.4, -0.2) is 26.0 Å². The summed E-state index contributed by atoms with van der Waals surface area (Å²) in [5.41, 5.74) is 1.26. The van der Waals surface area contributed by atoms with Gasteiger partial charge in [0.1, 0.15) is 12.7 Å². The molecule has 5 nitrogen and oxygen atoms in total. The number of hydrogen-bond donors (Lipinski definition) is 1. The summed E-state index contributed by atoms with van der Waals surface area (Å²) >= 11 is 29.9. The molecule has 148 valence electrons. The van der Waals surface area contributed by atoms with Gasteiger partial charge >= 0.3 is 5.97 Å². The van der Waals surface area contributed by atoms with Gasteiger partial charge in [0.2, 0.25) is 10.0 Å². The van der Waals surface area contributed by atoms with E-state index in [1.54, 1.807) is 18.2 Å². The lowest BCUT2D eigenvalue weighted by Crippen LogP contribution is -2.27. The molecule has 2 aromatic rings. The molecule has 0 bridgehead atoms. The summed E-state index contributed by atoms with van der Waals surface area (Å²) < 4.78 is 4.46. The summed E-state index contributed by atoms with van der Waals surface area (Å²) in [6, 6.07) is 7.05. The van der Waals surface area contributed by atoms with Crippen molar-refractivity contribution in [1.82, 2.24) is 4.57 Å². The lowest BCUT2D eigenvalue weighted by Gasteiger charge is -2.25. The minimum atomic E-state index is -1.94. The molecule has 28 heavy (non-hydrogen) atoms. The first-order chi connectivity index (χ1) is 13.1. The monoisotopic (exact) mass is 480 g/mol. The molecule has 1 heterocycles. The summed E-state index contributed by atoms with van der Waals surface area (Å²) in [6.07, 6.45) is 6.19. The van der Waals surface area contributed by atoms with Gasteiger partial charge in [-0.1, -0.05) is 76.1 Å². The number of nitriles is 1. The molecule has 0 aliphatic heterocycles. The van der Waals surface area contributed by atoms with Crippen molar-refractivity contribution in [3.8, 4) is 29.5 Å². The minimum absolute atomic E-state index is 0.153. The van der Waals surface area contributed by atoms with Gasteiger partial charge in [0.25, 0.3) is 0 Å². The van der Waals surface area contributed by atoms with Crippen molar-refractivity contribution in [2.24, 2.45) is 0 Å². The first-order valence-electron chi connectivity index (χ1n) is 7.41. The minimum Gasteiger partial charge on any atom is -0.437 e. The van der Waals surface area contributed by atoms with Crippen molar-refractivity contribution in [2.45, 2.75) is 16.9 Å². The Balaban J connectivity index is 0.000000892.